The number of alkyl halides is 4. The third kappa shape index (κ3) is 3.96. The summed E-state index contributed by atoms with van der Waals surface area (Å²) in [6.45, 7) is 1.68. The number of hydrogen-bond acceptors (Lipinski definition) is 4. The molecule has 0 radical (unpaired) electrons. The molecule has 0 aliphatic heterocycles. The van der Waals surface area contributed by atoms with Gasteiger partial charge in [0.1, 0.15) is 17.9 Å². The molecule has 28 heavy (non-hydrogen) atoms. The SMILES string of the molecule is Cc1cccc(-c2cc(C(F)(F)F)c(C#N)c(=O)n2Cc2coc(CI)n2)c1. The number of oxazole rings is 1. The van der Waals surface area contributed by atoms with Crippen LogP contribution in [-0.4, -0.2) is 9.55 Å². The van der Waals surface area contributed by atoms with Crippen molar-refractivity contribution in [3.05, 3.63) is 75.2 Å². The second-order valence-corrected chi connectivity index (χ2v) is 6.82. The molecule has 0 amide bonds. The van der Waals surface area contributed by atoms with E-state index in [1.54, 1.807) is 31.2 Å². The molecule has 0 saturated carbocycles. The largest absolute Gasteiger partial charge is 0.448 e. The van der Waals surface area contributed by atoms with Gasteiger partial charge in [-0.1, -0.05) is 46.4 Å². The number of benzene rings is 1. The van der Waals surface area contributed by atoms with Crippen molar-refractivity contribution in [1.29, 1.82) is 5.26 Å². The Morgan fingerprint density at radius 2 is 2.07 bits per heavy atom. The molecule has 9 heteroatoms. The molecule has 0 fully saturated rings. The summed E-state index contributed by atoms with van der Waals surface area (Å²) in [5.74, 6) is 0.438. The molecule has 144 valence electrons. The van der Waals surface area contributed by atoms with E-state index in [2.05, 4.69) is 27.6 Å². The van der Waals surface area contributed by atoms with Crippen molar-refractivity contribution in [2.45, 2.75) is 24.1 Å². The van der Waals surface area contributed by atoms with Gasteiger partial charge in [-0.15, -0.1) is 0 Å². The van der Waals surface area contributed by atoms with Gasteiger partial charge in [0.25, 0.3) is 5.56 Å². The summed E-state index contributed by atoms with van der Waals surface area (Å²) in [4.78, 5) is 17.0. The highest BCUT2D eigenvalue weighted by atomic mass is 127. The predicted molar refractivity (Wildman–Crippen MR) is 104 cm³/mol. The second-order valence-electron chi connectivity index (χ2n) is 6.05. The van der Waals surface area contributed by atoms with E-state index < -0.39 is 22.9 Å². The van der Waals surface area contributed by atoms with Crippen LogP contribution in [0.2, 0.25) is 0 Å². The average Bonchev–Trinajstić information content (AvgIpc) is 3.10. The zero-order valence-electron chi connectivity index (χ0n) is 14.5. The zero-order chi connectivity index (χ0) is 20.5. The first-order valence-corrected chi connectivity index (χ1v) is 9.58. The van der Waals surface area contributed by atoms with Crippen molar-refractivity contribution < 1.29 is 17.6 Å². The van der Waals surface area contributed by atoms with E-state index in [1.165, 1.54) is 12.3 Å². The number of hydrogen-bond donors (Lipinski definition) is 0. The summed E-state index contributed by atoms with van der Waals surface area (Å²) in [7, 11) is 0. The van der Waals surface area contributed by atoms with E-state index in [0.29, 0.717) is 21.6 Å². The Kier molecular flexibility index (Phi) is 5.60. The van der Waals surface area contributed by atoms with Gasteiger partial charge in [-0.3, -0.25) is 4.79 Å². The molecular formula is C19H13F3IN3O2. The van der Waals surface area contributed by atoms with Crippen LogP contribution in [0.25, 0.3) is 11.3 Å². The van der Waals surface area contributed by atoms with Gasteiger partial charge in [0.05, 0.1) is 27.9 Å². The van der Waals surface area contributed by atoms with Gasteiger partial charge in [0.15, 0.2) is 0 Å². The van der Waals surface area contributed by atoms with Gasteiger partial charge in [0.2, 0.25) is 5.89 Å². The van der Waals surface area contributed by atoms with Gasteiger partial charge in [-0.05, 0) is 24.6 Å². The lowest BCUT2D eigenvalue weighted by Crippen LogP contribution is -2.28. The van der Waals surface area contributed by atoms with E-state index in [4.69, 9.17) is 4.42 Å². The average molecular weight is 499 g/mol. The summed E-state index contributed by atoms with van der Waals surface area (Å²) < 4.78 is 47.3. The molecule has 0 unspecified atom stereocenters. The monoisotopic (exact) mass is 499 g/mol. The van der Waals surface area contributed by atoms with Crippen LogP contribution in [0.4, 0.5) is 13.2 Å². The first kappa shape index (κ1) is 20.1. The summed E-state index contributed by atoms with van der Waals surface area (Å²) in [6.07, 6.45) is -3.48. The van der Waals surface area contributed by atoms with Crippen LogP contribution in [0.5, 0.6) is 0 Å². The Hall–Kier alpha value is -2.61. The Morgan fingerprint density at radius 3 is 2.64 bits per heavy atom. The molecule has 1 aromatic carbocycles. The fourth-order valence-corrected chi connectivity index (χ4v) is 3.17. The van der Waals surface area contributed by atoms with Crippen LogP contribution in [-0.2, 0) is 17.1 Å². The molecule has 0 N–H and O–H groups in total. The summed E-state index contributed by atoms with van der Waals surface area (Å²) >= 11 is 2.06. The predicted octanol–water partition coefficient (Wildman–Crippen LogP) is 4.69. The maximum absolute atomic E-state index is 13.5. The molecular weight excluding hydrogens is 486 g/mol. The normalized spacial score (nSPS) is 11.4. The van der Waals surface area contributed by atoms with Crippen molar-refractivity contribution in [1.82, 2.24) is 9.55 Å². The summed E-state index contributed by atoms with van der Waals surface area (Å²) in [5.41, 5.74) is -1.52. The Bertz CT molecular complexity index is 1130. The molecule has 0 atom stereocenters. The Balaban J connectivity index is 2.29. The lowest BCUT2D eigenvalue weighted by molar-refractivity contribution is -0.137. The van der Waals surface area contributed by atoms with E-state index >= 15 is 0 Å². The minimum absolute atomic E-state index is 0.0547. The van der Waals surface area contributed by atoms with Crippen LogP contribution >= 0.6 is 22.6 Å². The highest BCUT2D eigenvalue weighted by molar-refractivity contribution is 14.1. The number of aryl methyl sites for hydroxylation is 1. The highest BCUT2D eigenvalue weighted by Gasteiger charge is 2.36. The number of nitriles is 1. The standard InChI is InChI=1S/C19H13F3IN3O2/c1-11-3-2-4-12(5-11)16-6-15(19(20,21)22)14(8-24)18(27)26(16)9-13-10-28-17(7-23)25-13/h2-6,10H,7,9H2,1H3. The third-order valence-corrected chi connectivity index (χ3v) is 4.72. The number of rotatable bonds is 4. The quantitative estimate of drug-likeness (QED) is 0.386. The van der Waals surface area contributed by atoms with Gasteiger partial charge >= 0.3 is 6.18 Å². The van der Waals surface area contributed by atoms with Crippen molar-refractivity contribution in [3.63, 3.8) is 0 Å². The van der Waals surface area contributed by atoms with E-state index in [1.807, 2.05) is 0 Å². The molecule has 3 aromatic rings. The smallest absolute Gasteiger partial charge is 0.417 e. The van der Waals surface area contributed by atoms with Crippen LogP contribution < -0.4 is 5.56 Å². The van der Waals surface area contributed by atoms with Gasteiger partial charge in [-0.25, -0.2) is 4.98 Å². The van der Waals surface area contributed by atoms with Crippen LogP contribution in [0, 0.1) is 18.3 Å². The number of nitrogens with zero attached hydrogens (tertiary/aromatic N) is 3. The molecule has 3 rings (SSSR count). The third-order valence-electron chi connectivity index (χ3n) is 4.06. The van der Waals surface area contributed by atoms with Crippen molar-refractivity contribution >= 4 is 22.6 Å². The molecule has 0 spiro atoms. The maximum Gasteiger partial charge on any atom is 0.417 e. The first-order valence-electron chi connectivity index (χ1n) is 8.06. The molecule has 0 aliphatic carbocycles. The molecule has 2 aromatic heterocycles. The van der Waals surface area contributed by atoms with E-state index in [9.17, 15) is 23.2 Å². The van der Waals surface area contributed by atoms with Gasteiger partial charge in [-0.2, -0.15) is 18.4 Å². The fourth-order valence-electron chi connectivity index (χ4n) is 2.82. The van der Waals surface area contributed by atoms with E-state index in [0.717, 1.165) is 16.2 Å². The fraction of sp³-hybridized carbons (Fsp3) is 0.211. The topological polar surface area (TPSA) is 71.8 Å². The molecule has 0 bridgehead atoms. The number of aromatic nitrogens is 2. The van der Waals surface area contributed by atoms with Gasteiger partial charge < -0.3 is 8.98 Å². The maximum atomic E-state index is 13.5. The van der Waals surface area contributed by atoms with Crippen molar-refractivity contribution in [2.24, 2.45) is 0 Å². The summed E-state index contributed by atoms with van der Waals surface area (Å²) in [6, 6.07) is 9.02. The van der Waals surface area contributed by atoms with E-state index in [-0.39, 0.29) is 12.2 Å². The molecule has 0 aliphatic rings. The molecule has 2 heterocycles. The minimum Gasteiger partial charge on any atom is -0.448 e. The van der Waals surface area contributed by atoms with Crippen molar-refractivity contribution in [3.8, 4) is 17.3 Å². The van der Waals surface area contributed by atoms with Crippen LogP contribution in [0.15, 0.2) is 45.8 Å². The minimum atomic E-state index is -4.83. The lowest BCUT2D eigenvalue weighted by atomic mass is 10.0. The lowest BCUT2D eigenvalue weighted by Gasteiger charge is -2.17. The van der Waals surface area contributed by atoms with Crippen molar-refractivity contribution in [2.75, 3.05) is 0 Å². The number of halogens is 4. The van der Waals surface area contributed by atoms with Crippen LogP contribution in [0.3, 0.4) is 0 Å². The Morgan fingerprint density at radius 1 is 1.32 bits per heavy atom. The van der Waals surface area contributed by atoms with Crippen LogP contribution in [0.1, 0.15) is 28.3 Å². The first-order chi connectivity index (χ1) is 13.2. The Labute approximate surface area is 171 Å². The molecule has 0 saturated heterocycles. The highest BCUT2D eigenvalue weighted by Crippen LogP contribution is 2.33. The number of pyridine rings is 1. The molecule has 5 nitrogen and oxygen atoms in total. The summed E-state index contributed by atoms with van der Waals surface area (Å²) in [5, 5.41) is 9.20. The zero-order valence-corrected chi connectivity index (χ0v) is 16.7. The second kappa shape index (κ2) is 7.79. The van der Waals surface area contributed by atoms with Gasteiger partial charge in [0, 0.05) is 0 Å².